The summed E-state index contributed by atoms with van der Waals surface area (Å²) >= 11 is 9.89. The summed E-state index contributed by atoms with van der Waals surface area (Å²) in [6.45, 7) is 0. The van der Waals surface area contributed by atoms with E-state index in [4.69, 9.17) is 34.9 Å². The lowest BCUT2D eigenvalue weighted by Crippen LogP contribution is -2.21. The minimum atomic E-state index is -0.419. The molecule has 0 unspecified atom stereocenters. The van der Waals surface area contributed by atoms with Crippen molar-refractivity contribution < 1.29 is 4.74 Å². The van der Waals surface area contributed by atoms with Crippen molar-refractivity contribution in [3.8, 4) is 5.75 Å². The second-order valence-electron chi connectivity index (χ2n) is 4.99. The molecular weight excluding hydrogens is 348 g/mol. The van der Waals surface area contributed by atoms with Crippen molar-refractivity contribution >= 4 is 41.0 Å². The van der Waals surface area contributed by atoms with E-state index in [2.05, 4.69) is 20.4 Å². The van der Waals surface area contributed by atoms with Crippen molar-refractivity contribution in [2.45, 2.75) is 6.42 Å². The first-order valence-electron chi connectivity index (χ1n) is 6.91. The molecule has 2 aromatic heterocycles. The molecule has 1 aromatic carbocycles. The maximum absolute atomic E-state index is 12.0. The molecule has 0 amide bonds. The summed E-state index contributed by atoms with van der Waals surface area (Å²) in [6.07, 6.45) is 0.493. The SMILES string of the molecule is COc1ccc(Cc2c(NC(N)=S)[nH]n3c(=O)[nH]c(=S)nc23)cc1. The Labute approximate surface area is 146 Å². The van der Waals surface area contributed by atoms with E-state index in [0.29, 0.717) is 17.9 Å². The summed E-state index contributed by atoms with van der Waals surface area (Å²) in [6, 6.07) is 7.57. The Hall–Kier alpha value is -2.72. The second-order valence-corrected chi connectivity index (χ2v) is 5.81. The maximum Gasteiger partial charge on any atom is 0.348 e. The van der Waals surface area contributed by atoms with Gasteiger partial charge in [0.1, 0.15) is 11.6 Å². The molecule has 0 aliphatic heterocycles. The summed E-state index contributed by atoms with van der Waals surface area (Å²) in [5, 5.41) is 5.81. The van der Waals surface area contributed by atoms with Crippen LogP contribution < -0.4 is 21.5 Å². The van der Waals surface area contributed by atoms with Gasteiger partial charge in [-0.15, -0.1) is 0 Å². The summed E-state index contributed by atoms with van der Waals surface area (Å²) < 4.78 is 6.52. The van der Waals surface area contributed by atoms with Gasteiger partial charge in [-0.05, 0) is 42.1 Å². The highest BCUT2D eigenvalue weighted by atomic mass is 32.1. The second kappa shape index (κ2) is 6.42. The van der Waals surface area contributed by atoms with E-state index in [1.54, 1.807) is 7.11 Å². The minimum Gasteiger partial charge on any atom is -0.497 e. The van der Waals surface area contributed by atoms with Gasteiger partial charge in [-0.2, -0.15) is 9.50 Å². The van der Waals surface area contributed by atoms with Crippen LogP contribution in [0.25, 0.3) is 5.65 Å². The van der Waals surface area contributed by atoms with Gasteiger partial charge in [-0.25, -0.2) is 4.79 Å². The van der Waals surface area contributed by atoms with Crippen LogP contribution in [0.4, 0.5) is 5.82 Å². The number of nitrogens with one attached hydrogen (secondary N) is 3. The molecule has 0 radical (unpaired) electrons. The number of thiocarbonyl (C=S) groups is 1. The van der Waals surface area contributed by atoms with Gasteiger partial charge in [0, 0.05) is 12.0 Å². The Morgan fingerprint density at radius 2 is 2.12 bits per heavy atom. The number of nitrogens with two attached hydrogens (primary N) is 1. The summed E-state index contributed by atoms with van der Waals surface area (Å²) in [7, 11) is 1.61. The Bertz CT molecular complexity index is 1020. The molecule has 2 heterocycles. The zero-order valence-electron chi connectivity index (χ0n) is 12.6. The molecule has 5 N–H and O–H groups in total. The van der Waals surface area contributed by atoms with Crippen LogP contribution in [0.3, 0.4) is 0 Å². The van der Waals surface area contributed by atoms with Crippen molar-refractivity contribution in [3.05, 3.63) is 50.6 Å². The van der Waals surface area contributed by atoms with Crippen LogP contribution in [0.15, 0.2) is 29.1 Å². The number of benzene rings is 1. The number of aromatic amines is 2. The Morgan fingerprint density at radius 3 is 2.75 bits per heavy atom. The van der Waals surface area contributed by atoms with Gasteiger partial charge in [0.25, 0.3) is 0 Å². The van der Waals surface area contributed by atoms with Gasteiger partial charge in [-0.1, -0.05) is 12.1 Å². The Balaban J connectivity index is 2.13. The van der Waals surface area contributed by atoms with E-state index >= 15 is 0 Å². The first-order valence-corrected chi connectivity index (χ1v) is 7.73. The number of ether oxygens (including phenoxy) is 1. The molecule has 3 aromatic rings. The fraction of sp³-hybridized carbons (Fsp3) is 0.143. The van der Waals surface area contributed by atoms with Crippen molar-refractivity contribution in [1.29, 1.82) is 0 Å². The van der Waals surface area contributed by atoms with Crippen LogP contribution in [-0.2, 0) is 6.42 Å². The number of rotatable bonds is 4. The fourth-order valence-corrected chi connectivity index (χ4v) is 2.63. The molecule has 8 nitrogen and oxygen atoms in total. The van der Waals surface area contributed by atoms with Crippen LogP contribution in [0.2, 0.25) is 0 Å². The first kappa shape index (κ1) is 16.1. The predicted octanol–water partition coefficient (Wildman–Crippen LogP) is 1.34. The minimum absolute atomic E-state index is 0.0770. The molecule has 0 fully saturated rings. The lowest BCUT2D eigenvalue weighted by atomic mass is 10.1. The van der Waals surface area contributed by atoms with Crippen LogP contribution in [0.5, 0.6) is 5.75 Å². The lowest BCUT2D eigenvalue weighted by molar-refractivity contribution is 0.414. The van der Waals surface area contributed by atoms with E-state index in [1.807, 2.05) is 24.3 Å². The van der Waals surface area contributed by atoms with Crippen molar-refractivity contribution in [2.75, 3.05) is 12.4 Å². The Morgan fingerprint density at radius 1 is 1.42 bits per heavy atom. The van der Waals surface area contributed by atoms with E-state index < -0.39 is 5.69 Å². The molecular formula is C14H14N6O2S2. The number of H-pyrrole nitrogens is 2. The molecule has 124 valence electrons. The number of hydrogen-bond donors (Lipinski definition) is 4. The average Bonchev–Trinajstić information content (AvgIpc) is 2.86. The van der Waals surface area contributed by atoms with E-state index in [9.17, 15) is 4.79 Å². The van der Waals surface area contributed by atoms with Crippen molar-refractivity contribution in [1.82, 2.24) is 19.6 Å². The highest BCUT2D eigenvalue weighted by molar-refractivity contribution is 7.80. The molecule has 0 atom stereocenters. The zero-order chi connectivity index (χ0) is 17.3. The molecule has 0 saturated carbocycles. The molecule has 0 bridgehead atoms. The van der Waals surface area contributed by atoms with E-state index in [0.717, 1.165) is 16.9 Å². The highest BCUT2D eigenvalue weighted by Crippen LogP contribution is 2.22. The van der Waals surface area contributed by atoms with Crippen LogP contribution in [-0.4, -0.2) is 31.8 Å². The topological polar surface area (TPSA) is 113 Å². The third kappa shape index (κ3) is 3.14. The number of fused-ring (bicyclic) bond motifs is 1. The lowest BCUT2D eigenvalue weighted by Gasteiger charge is -2.06. The van der Waals surface area contributed by atoms with Crippen LogP contribution in [0, 0.1) is 4.77 Å². The van der Waals surface area contributed by atoms with E-state index in [1.165, 1.54) is 4.52 Å². The number of aromatic nitrogens is 4. The summed E-state index contributed by atoms with van der Waals surface area (Å²) in [4.78, 5) is 18.7. The van der Waals surface area contributed by atoms with Gasteiger partial charge in [0.15, 0.2) is 10.8 Å². The number of nitrogens with zero attached hydrogens (tertiary/aromatic N) is 2. The van der Waals surface area contributed by atoms with Gasteiger partial charge < -0.3 is 15.8 Å². The largest absolute Gasteiger partial charge is 0.497 e. The van der Waals surface area contributed by atoms with Crippen LogP contribution in [0.1, 0.15) is 11.1 Å². The van der Waals surface area contributed by atoms with Gasteiger partial charge in [0.05, 0.1) is 7.11 Å². The number of hydrogen-bond acceptors (Lipinski definition) is 5. The van der Waals surface area contributed by atoms with Gasteiger partial charge in [0.2, 0.25) is 4.77 Å². The first-order chi connectivity index (χ1) is 11.5. The average molecular weight is 362 g/mol. The smallest absolute Gasteiger partial charge is 0.348 e. The molecule has 0 aliphatic rings. The van der Waals surface area contributed by atoms with Gasteiger partial charge in [-0.3, -0.25) is 10.1 Å². The molecule has 10 heteroatoms. The number of methoxy groups -OCH3 is 1. The Kier molecular flexibility index (Phi) is 4.32. The monoisotopic (exact) mass is 362 g/mol. The fourth-order valence-electron chi connectivity index (χ4n) is 2.36. The van der Waals surface area contributed by atoms with Crippen molar-refractivity contribution in [3.63, 3.8) is 0 Å². The highest BCUT2D eigenvalue weighted by Gasteiger charge is 2.15. The normalized spacial score (nSPS) is 10.7. The maximum atomic E-state index is 12.0. The molecule has 0 aliphatic carbocycles. The predicted molar refractivity (Wildman–Crippen MR) is 97.2 cm³/mol. The molecule has 0 saturated heterocycles. The third-order valence-corrected chi connectivity index (χ3v) is 3.72. The van der Waals surface area contributed by atoms with Crippen LogP contribution >= 0.6 is 24.4 Å². The molecule has 24 heavy (non-hydrogen) atoms. The molecule has 3 rings (SSSR count). The number of anilines is 1. The quantitative estimate of drug-likeness (QED) is 0.518. The molecule has 0 spiro atoms. The summed E-state index contributed by atoms with van der Waals surface area (Å²) in [5.41, 5.74) is 7.28. The van der Waals surface area contributed by atoms with E-state index in [-0.39, 0.29) is 9.88 Å². The zero-order valence-corrected chi connectivity index (χ0v) is 14.3. The summed E-state index contributed by atoms with van der Waals surface area (Å²) in [5.74, 6) is 1.26. The van der Waals surface area contributed by atoms with Gasteiger partial charge >= 0.3 is 5.69 Å². The van der Waals surface area contributed by atoms with Crippen molar-refractivity contribution in [2.24, 2.45) is 5.73 Å². The standard InChI is InChI=1S/C14H14N6O2S2/c1-22-8-4-2-7(3-5-8)6-9-10(16-12(15)23)19-20-11(9)17-13(24)18-14(20)21/h2-5,19H,6H2,1H3,(H3,15,16,23)(H,18,21,24). The third-order valence-electron chi connectivity index (χ3n) is 3.42.